The summed E-state index contributed by atoms with van der Waals surface area (Å²) in [6.07, 6.45) is 2.35. The molecule has 3 atom stereocenters. The summed E-state index contributed by atoms with van der Waals surface area (Å²) in [6.45, 7) is 5.50. The number of aliphatic hydroxyl groups excluding tert-OH is 1. The van der Waals surface area contributed by atoms with E-state index in [2.05, 4.69) is 15.3 Å². The van der Waals surface area contributed by atoms with Gasteiger partial charge in [-0.15, -0.1) is 12.4 Å². The van der Waals surface area contributed by atoms with E-state index in [-0.39, 0.29) is 38.2 Å². The standard InChI is InChI=1S/C28H36N4O4.ClH/c1-27(2,3)36-25(34)22(16-20-10-6-4-7-11-20)23(33)18-28(29,17-21-12-8-5-9-13-21)26(35)32-19-24-30-14-15-31-24;/h4-15,22-23,33H,16-19,29H2,1-3H3,(H,30,31)(H,32,35);1H/t22-,23-,28+;/m0./s1. The third-order valence-corrected chi connectivity index (χ3v) is 5.83. The van der Waals surface area contributed by atoms with Gasteiger partial charge in [-0.05, 0) is 44.7 Å². The van der Waals surface area contributed by atoms with Crippen molar-refractivity contribution >= 4 is 24.3 Å². The van der Waals surface area contributed by atoms with E-state index in [1.165, 1.54) is 0 Å². The maximum Gasteiger partial charge on any atom is 0.312 e. The number of carbonyl (C=O) groups is 2. The van der Waals surface area contributed by atoms with Gasteiger partial charge in [0, 0.05) is 18.8 Å². The SMILES string of the molecule is CC(C)(C)OC(=O)[C@@H](Cc1ccccc1)[C@@H](O)C[C@](N)(Cc1ccccc1)C(=O)NCc1ncc[nH]1.Cl. The van der Waals surface area contributed by atoms with Crippen molar-refractivity contribution in [3.63, 3.8) is 0 Å². The van der Waals surface area contributed by atoms with Gasteiger partial charge in [-0.25, -0.2) is 4.98 Å². The fourth-order valence-corrected chi connectivity index (χ4v) is 4.08. The second-order valence-electron chi connectivity index (χ2n) is 10.1. The fraction of sp³-hybridized carbons (Fsp3) is 0.393. The number of aromatic nitrogens is 2. The van der Waals surface area contributed by atoms with Crippen LogP contribution in [0.2, 0.25) is 0 Å². The Bertz CT molecular complexity index is 1100. The van der Waals surface area contributed by atoms with E-state index < -0.39 is 35.0 Å². The maximum atomic E-state index is 13.4. The number of halogens is 1. The molecule has 3 rings (SSSR count). The number of nitrogens with two attached hydrogens (primary N) is 1. The van der Waals surface area contributed by atoms with Gasteiger partial charge < -0.3 is 25.9 Å². The zero-order valence-electron chi connectivity index (χ0n) is 21.5. The van der Waals surface area contributed by atoms with Gasteiger partial charge in [0.1, 0.15) is 17.0 Å². The molecule has 0 saturated heterocycles. The maximum absolute atomic E-state index is 13.4. The van der Waals surface area contributed by atoms with Crippen LogP contribution in [0, 0.1) is 5.92 Å². The smallest absolute Gasteiger partial charge is 0.312 e. The van der Waals surface area contributed by atoms with E-state index in [1.807, 2.05) is 60.7 Å². The van der Waals surface area contributed by atoms with Gasteiger partial charge in [0.2, 0.25) is 5.91 Å². The minimum Gasteiger partial charge on any atom is -0.460 e. The number of aliphatic hydroxyl groups is 1. The molecule has 0 bridgehead atoms. The zero-order chi connectivity index (χ0) is 26.2. The number of esters is 1. The van der Waals surface area contributed by atoms with Crippen molar-refractivity contribution in [1.29, 1.82) is 0 Å². The number of ether oxygens (including phenoxy) is 1. The third kappa shape index (κ3) is 9.31. The average molecular weight is 529 g/mol. The molecule has 8 nitrogen and oxygen atoms in total. The van der Waals surface area contributed by atoms with Crippen LogP contribution in [-0.2, 0) is 33.7 Å². The lowest BCUT2D eigenvalue weighted by atomic mass is 9.80. The van der Waals surface area contributed by atoms with Gasteiger partial charge in [0.05, 0.1) is 18.6 Å². The first-order valence-corrected chi connectivity index (χ1v) is 12.1. The van der Waals surface area contributed by atoms with Gasteiger partial charge in [-0.2, -0.15) is 0 Å². The zero-order valence-corrected chi connectivity index (χ0v) is 22.3. The van der Waals surface area contributed by atoms with Crippen molar-refractivity contribution in [3.05, 3.63) is 90.0 Å². The molecule has 0 spiro atoms. The topological polar surface area (TPSA) is 130 Å². The molecular formula is C28H37ClN4O4. The Morgan fingerprint density at radius 2 is 1.65 bits per heavy atom. The summed E-state index contributed by atoms with van der Waals surface area (Å²) in [5, 5.41) is 14.2. The predicted molar refractivity (Wildman–Crippen MR) is 145 cm³/mol. The number of imidazole rings is 1. The largest absolute Gasteiger partial charge is 0.460 e. The Morgan fingerprint density at radius 3 is 2.19 bits per heavy atom. The van der Waals surface area contributed by atoms with Gasteiger partial charge in [-0.1, -0.05) is 60.7 Å². The van der Waals surface area contributed by atoms with E-state index in [4.69, 9.17) is 10.5 Å². The highest BCUT2D eigenvalue weighted by atomic mass is 35.5. The molecule has 200 valence electrons. The van der Waals surface area contributed by atoms with Crippen LogP contribution in [0.4, 0.5) is 0 Å². The number of carbonyl (C=O) groups excluding carboxylic acids is 2. The van der Waals surface area contributed by atoms with Crippen LogP contribution in [0.3, 0.4) is 0 Å². The molecule has 0 fully saturated rings. The molecule has 0 aliphatic carbocycles. The first-order chi connectivity index (χ1) is 17.1. The summed E-state index contributed by atoms with van der Waals surface area (Å²) in [6, 6.07) is 18.8. The molecule has 1 amide bonds. The van der Waals surface area contributed by atoms with Crippen LogP contribution in [0.25, 0.3) is 0 Å². The Balaban J connectivity index is 0.00000481. The number of hydrogen-bond donors (Lipinski definition) is 4. The second-order valence-corrected chi connectivity index (χ2v) is 10.1. The number of aromatic amines is 1. The summed E-state index contributed by atoms with van der Waals surface area (Å²) in [7, 11) is 0. The molecule has 3 aromatic rings. The molecule has 9 heteroatoms. The van der Waals surface area contributed by atoms with Crippen molar-refractivity contribution in [3.8, 4) is 0 Å². The van der Waals surface area contributed by atoms with E-state index in [0.29, 0.717) is 5.82 Å². The highest BCUT2D eigenvalue weighted by Crippen LogP contribution is 2.26. The quantitative estimate of drug-likeness (QED) is 0.282. The van der Waals surface area contributed by atoms with Crippen LogP contribution in [0.1, 0.15) is 44.1 Å². The Morgan fingerprint density at radius 1 is 1.05 bits per heavy atom. The summed E-state index contributed by atoms with van der Waals surface area (Å²) in [4.78, 5) is 33.6. The van der Waals surface area contributed by atoms with E-state index in [1.54, 1.807) is 33.2 Å². The van der Waals surface area contributed by atoms with Crippen molar-refractivity contribution < 1.29 is 19.4 Å². The Hall–Kier alpha value is -3.20. The summed E-state index contributed by atoms with van der Waals surface area (Å²) in [5.41, 5.74) is 6.23. The second kappa shape index (κ2) is 13.4. The molecule has 0 aliphatic heterocycles. The highest BCUT2D eigenvalue weighted by Gasteiger charge is 2.41. The molecule has 0 unspecified atom stereocenters. The number of benzene rings is 2. The lowest BCUT2D eigenvalue weighted by Crippen LogP contribution is -2.58. The number of nitrogens with zero attached hydrogens (tertiary/aromatic N) is 1. The van der Waals surface area contributed by atoms with Gasteiger partial charge in [0.15, 0.2) is 0 Å². The molecule has 2 aromatic carbocycles. The number of amides is 1. The fourth-order valence-electron chi connectivity index (χ4n) is 4.08. The molecule has 0 radical (unpaired) electrons. The van der Waals surface area contributed by atoms with Gasteiger partial charge >= 0.3 is 5.97 Å². The minimum atomic E-state index is -1.48. The Labute approximate surface area is 224 Å². The van der Waals surface area contributed by atoms with Crippen LogP contribution in [0.5, 0.6) is 0 Å². The van der Waals surface area contributed by atoms with Crippen LogP contribution in [0.15, 0.2) is 73.1 Å². The first kappa shape index (κ1) is 30.0. The van der Waals surface area contributed by atoms with Crippen molar-refractivity contribution in [2.75, 3.05) is 0 Å². The van der Waals surface area contributed by atoms with Crippen molar-refractivity contribution in [2.24, 2.45) is 11.7 Å². The molecule has 1 aromatic heterocycles. The minimum absolute atomic E-state index is 0. The van der Waals surface area contributed by atoms with Gasteiger partial charge in [-0.3, -0.25) is 9.59 Å². The predicted octanol–water partition coefficient (Wildman–Crippen LogP) is 3.34. The van der Waals surface area contributed by atoms with Gasteiger partial charge in [0.25, 0.3) is 0 Å². The van der Waals surface area contributed by atoms with Crippen LogP contribution < -0.4 is 11.1 Å². The van der Waals surface area contributed by atoms with Crippen LogP contribution in [-0.4, -0.2) is 44.2 Å². The molecule has 0 aliphatic rings. The molecule has 0 saturated carbocycles. The van der Waals surface area contributed by atoms with E-state index in [9.17, 15) is 14.7 Å². The highest BCUT2D eigenvalue weighted by molar-refractivity contribution is 5.86. The van der Waals surface area contributed by atoms with E-state index >= 15 is 0 Å². The third-order valence-electron chi connectivity index (χ3n) is 5.83. The van der Waals surface area contributed by atoms with Crippen LogP contribution >= 0.6 is 12.4 Å². The Kier molecular flexibility index (Phi) is 10.9. The molecule has 5 N–H and O–H groups in total. The van der Waals surface area contributed by atoms with Crippen molar-refractivity contribution in [2.45, 2.75) is 63.8 Å². The molecular weight excluding hydrogens is 492 g/mol. The van der Waals surface area contributed by atoms with Crippen molar-refractivity contribution in [1.82, 2.24) is 15.3 Å². The monoisotopic (exact) mass is 528 g/mol. The lowest BCUT2D eigenvalue weighted by molar-refractivity contribution is -0.164. The number of H-pyrrole nitrogens is 1. The molecule has 1 heterocycles. The number of hydrogen-bond acceptors (Lipinski definition) is 6. The molecule has 37 heavy (non-hydrogen) atoms. The van der Waals surface area contributed by atoms with E-state index in [0.717, 1.165) is 11.1 Å². The normalized spacial score (nSPS) is 14.5. The lowest BCUT2D eigenvalue weighted by Gasteiger charge is -2.33. The summed E-state index contributed by atoms with van der Waals surface area (Å²) in [5.74, 6) is -1.29. The number of nitrogens with one attached hydrogen (secondary N) is 2. The average Bonchev–Trinajstić information content (AvgIpc) is 3.34. The number of rotatable bonds is 11. The first-order valence-electron chi connectivity index (χ1n) is 12.1. The summed E-state index contributed by atoms with van der Waals surface area (Å²) < 4.78 is 5.63. The summed E-state index contributed by atoms with van der Waals surface area (Å²) >= 11 is 0.